The number of carbonyl (C=O) groups excluding carboxylic acids is 1. The molecule has 0 spiro atoms. The van der Waals surface area contributed by atoms with Gasteiger partial charge in [-0.2, -0.15) is 0 Å². The van der Waals surface area contributed by atoms with Gasteiger partial charge in [-0.15, -0.1) is 0 Å². The minimum atomic E-state index is -0.816. The molecule has 6 rings (SSSR count). The van der Waals surface area contributed by atoms with E-state index in [1.165, 1.54) is 0 Å². The van der Waals surface area contributed by atoms with Crippen molar-refractivity contribution in [3.8, 4) is 23.0 Å². The SMILES string of the molecule is COc1ccc(CN(CC[C@@H](O)[C@H](Cc2ccccc2)NC(=O)C2=Cc3ccccc3Oc3ccccc32)Cc2ccc(OC)cc2)cc1. The molecule has 5 aromatic rings. The van der Waals surface area contributed by atoms with Crippen LogP contribution in [0, 0.1) is 0 Å². The second kappa shape index (κ2) is 16.2. The molecule has 0 aromatic heterocycles. The van der Waals surface area contributed by atoms with Crippen LogP contribution in [0.3, 0.4) is 0 Å². The zero-order valence-electron chi connectivity index (χ0n) is 27.9. The van der Waals surface area contributed by atoms with Crippen molar-refractivity contribution >= 4 is 17.6 Å². The van der Waals surface area contributed by atoms with Gasteiger partial charge in [0.1, 0.15) is 23.0 Å². The Morgan fingerprint density at radius 2 is 1.29 bits per heavy atom. The zero-order chi connectivity index (χ0) is 34.0. The first-order valence-corrected chi connectivity index (χ1v) is 16.6. The van der Waals surface area contributed by atoms with Crippen LogP contribution in [0.2, 0.25) is 0 Å². The summed E-state index contributed by atoms with van der Waals surface area (Å²) in [6, 6.07) is 40.8. The molecule has 0 fully saturated rings. The Bertz CT molecular complexity index is 1810. The molecular formula is C42H42N2O5. The van der Waals surface area contributed by atoms with E-state index in [-0.39, 0.29) is 5.91 Å². The third-order valence-electron chi connectivity index (χ3n) is 8.81. The van der Waals surface area contributed by atoms with Crippen LogP contribution in [0.15, 0.2) is 127 Å². The predicted octanol–water partition coefficient (Wildman–Crippen LogP) is 7.53. The number of para-hydroxylation sites is 2. The van der Waals surface area contributed by atoms with E-state index in [4.69, 9.17) is 14.2 Å². The maximum atomic E-state index is 14.2. The van der Waals surface area contributed by atoms with Gasteiger partial charge >= 0.3 is 0 Å². The Morgan fingerprint density at radius 1 is 0.714 bits per heavy atom. The van der Waals surface area contributed by atoms with Gasteiger partial charge in [0.05, 0.1) is 31.9 Å². The molecule has 250 valence electrons. The molecule has 0 bridgehead atoms. The first-order valence-electron chi connectivity index (χ1n) is 16.6. The van der Waals surface area contributed by atoms with Crippen molar-refractivity contribution in [3.05, 3.63) is 155 Å². The second-order valence-corrected chi connectivity index (χ2v) is 12.2. The van der Waals surface area contributed by atoms with Crippen LogP contribution in [0.5, 0.6) is 23.0 Å². The van der Waals surface area contributed by atoms with Crippen LogP contribution in [0.1, 0.15) is 34.2 Å². The zero-order valence-corrected chi connectivity index (χ0v) is 27.9. The number of fused-ring (bicyclic) bond motifs is 2. The fraction of sp³-hybridized carbons (Fsp3) is 0.214. The number of carbonyl (C=O) groups is 1. The highest BCUT2D eigenvalue weighted by Gasteiger charge is 2.27. The summed E-state index contributed by atoms with van der Waals surface area (Å²) in [6.07, 6.45) is 1.98. The molecule has 0 saturated heterocycles. The van der Waals surface area contributed by atoms with Crippen molar-refractivity contribution in [2.45, 2.75) is 38.1 Å². The number of aliphatic hydroxyl groups is 1. The highest BCUT2D eigenvalue weighted by Crippen LogP contribution is 2.38. The summed E-state index contributed by atoms with van der Waals surface area (Å²) in [4.78, 5) is 16.5. The molecule has 49 heavy (non-hydrogen) atoms. The molecule has 0 unspecified atom stereocenters. The largest absolute Gasteiger partial charge is 0.497 e. The van der Waals surface area contributed by atoms with E-state index in [1.54, 1.807) is 14.2 Å². The van der Waals surface area contributed by atoms with E-state index in [0.717, 1.165) is 33.8 Å². The molecule has 0 radical (unpaired) electrons. The van der Waals surface area contributed by atoms with Crippen LogP contribution < -0.4 is 19.5 Å². The molecule has 1 aliphatic heterocycles. The lowest BCUT2D eigenvalue weighted by Gasteiger charge is -2.28. The van der Waals surface area contributed by atoms with Crippen LogP contribution in [0.4, 0.5) is 0 Å². The van der Waals surface area contributed by atoms with Crippen LogP contribution >= 0.6 is 0 Å². The number of methoxy groups -OCH3 is 2. The molecule has 7 nitrogen and oxygen atoms in total. The fourth-order valence-electron chi connectivity index (χ4n) is 6.12. The Labute approximate surface area is 288 Å². The summed E-state index contributed by atoms with van der Waals surface area (Å²) < 4.78 is 16.9. The first-order chi connectivity index (χ1) is 24.0. The third-order valence-corrected chi connectivity index (χ3v) is 8.81. The molecule has 0 saturated carbocycles. The number of nitrogens with zero attached hydrogens (tertiary/aromatic N) is 1. The van der Waals surface area contributed by atoms with Gasteiger partial charge in [0, 0.05) is 30.8 Å². The minimum absolute atomic E-state index is 0.263. The minimum Gasteiger partial charge on any atom is -0.497 e. The third kappa shape index (κ3) is 8.76. The summed E-state index contributed by atoms with van der Waals surface area (Å²) in [7, 11) is 3.32. The van der Waals surface area contributed by atoms with Gasteiger partial charge in [0.15, 0.2) is 0 Å². The topological polar surface area (TPSA) is 80.3 Å². The molecule has 1 aliphatic rings. The molecule has 1 amide bonds. The van der Waals surface area contributed by atoms with Gasteiger partial charge in [0.25, 0.3) is 5.91 Å². The van der Waals surface area contributed by atoms with Crippen LogP contribution in [-0.4, -0.2) is 48.8 Å². The number of hydrogen-bond donors (Lipinski definition) is 2. The fourth-order valence-corrected chi connectivity index (χ4v) is 6.12. The molecule has 2 N–H and O–H groups in total. The number of ether oxygens (including phenoxy) is 3. The van der Waals surface area contributed by atoms with Gasteiger partial charge in [-0.25, -0.2) is 0 Å². The second-order valence-electron chi connectivity index (χ2n) is 12.2. The lowest BCUT2D eigenvalue weighted by atomic mass is 9.96. The lowest BCUT2D eigenvalue weighted by molar-refractivity contribution is -0.117. The van der Waals surface area contributed by atoms with E-state index in [9.17, 15) is 9.90 Å². The normalized spacial score (nSPS) is 13.2. The molecule has 7 heteroatoms. The quantitative estimate of drug-likeness (QED) is 0.129. The summed E-state index contributed by atoms with van der Waals surface area (Å²) >= 11 is 0. The molecule has 2 atom stereocenters. The number of nitrogens with one attached hydrogen (secondary N) is 1. The van der Waals surface area contributed by atoms with Crippen molar-refractivity contribution in [2.75, 3.05) is 20.8 Å². The molecular weight excluding hydrogens is 612 g/mol. The van der Waals surface area contributed by atoms with E-state index in [0.29, 0.717) is 55.1 Å². The molecule has 0 aliphatic carbocycles. The smallest absolute Gasteiger partial charge is 0.252 e. The summed E-state index contributed by atoms with van der Waals surface area (Å²) in [5.74, 6) is 2.65. The Morgan fingerprint density at radius 3 is 1.92 bits per heavy atom. The average molecular weight is 655 g/mol. The van der Waals surface area contributed by atoms with E-state index in [1.807, 2.05) is 109 Å². The standard InChI is InChI=1S/C42H42N2O5/c1-47-34-20-16-31(17-21-34)28-44(29-32-18-22-35(48-2)23-19-32)25-24-39(45)38(26-30-10-4-3-5-11-30)43-42(46)37-27-33-12-6-8-14-40(33)49-41-15-9-7-13-36(37)41/h3-23,27,38-39,45H,24-26,28-29H2,1-2H3,(H,43,46)/t38-,39+/m0/s1. The summed E-state index contributed by atoms with van der Waals surface area (Å²) in [5, 5.41) is 15.0. The van der Waals surface area contributed by atoms with Crippen LogP contribution in [-0.2, 0) is 24.3 Å². The van der Waals surface area contributed by atoms with E-state index >= 15 is 0 Å². The lowest BCUT2D eigenvalue weighted by Crippen LogP contribution is -2.46. The van der Waals surface area contributed by atoms with Crippen molar-refractivity contribution in [3.63, 3.8) is 0 Å². The highest BCUT2D eigenvalue weighted by atomic mass is 16.5. The number of hydrogen-bond acceptors (Lipinski definition) is 6. The summed E-state index contributed by atoms with van der Waals surface area (Å²) in [5.41, 5.74) is 5.32. The van der Waals surface area contributed by atoms with Crippen molar-refractivity contribution in [2.24, 2.45) is 0 Å². The Balaban J connectivity index is 1.23. The maximum Gasteiger partial charge on any atom is 0.252 e. The molecule has 1 heterocycles. The van der Waals surface area contributed by atoms with E-state index in [2.05, 4.69) is 34.5 Å². The van der Waals surface area contributed by atoms with Crippen molar-refractivity contribution < 1.29 is 24.1 Å². The Hall–Kier alpha value is -5.37. The highest BCUT2D eigenvalue weighted by molar-refractivity contribution is 6.25. The van der Waals surface area contributed by atoms with Crippen molar-refractivity contribution in [1.82, 2.24) is 10.2 Å². The number of amides is 1. The first kappa shape index (κ1) is 33.5. The average Bonchev–Trinajstić information content (AvgIpc) is 3.31. The van der Waals surface area contributed by atoms with Gasteiger partial charge in [-0.3, -0.25) is 9.69 Å². The number of benzene rings is 5. The van der Waals surface area contributed by atoms with Gasteiger partial charge < -0.3 is 24.6 Å². The molecule has 5 aromatic carbocycles. The van der Waals surface area contributed by atoms with Crippen LogP contribution in [0.25, 0.3) is 11.6 Å². The van der Waals surface area contributed by atoms with Gasteiger partial charge in [-0.1, -0.05) is 91.0 Å². The van der Waals surface area contributed by atoms with Gasteiger partial charge in [0.2, 0.25) is 0 Å². The number of aliphatic hydroxyl groups excluding tert-OH is 1. The summed E-state index contributed by atoms with van der Waals surface area (Å²) in [6.45, 7) is 1.97. The van der Waals surface area contributed by atoms with Crippen molar-refractivity contribution in [1.29, 1.82) is 0 Å². The predicted molar refractivity (Wildman–Crippen MR) is 194 cm³/mol. The maximum absolute atomic E-state index is 14.2. The number of rotatable bonds is 14. The monoisotopic (exact) mass is 654 g/mol. The Kier molecular flexibility index (Phi) is 11.1. The van der Waals surface area contributed by atoms with E-state index < -0.39 is 12.1 Å². The van der Waals surface area contributed by atoms with Gasteiger partial charge in [-0.05, 0) is 72.0 Å².